The lowest BCUT2D eigenvalue weighted by Gasteiger charge is -2.38. The Labute approximate surface area is 319 Å². The molecule has 5 nitrogen and oxygen atoms in total. The Bertz CT molecular complexity index is 1570. The quantitative estimate of drug-likeness (QED) is 0.0356. The van der Waals surface area contributed by atoms with E-state index in [9.17, 15) is 22.8 Å². The second-order valence-corrected chi connectivity index (χ2v) is 13.7. The molecule has 0 aliphatic rings. The molecule has 0 fully saturated rings. The predicted octanol–water partition coefficient (Wildman–Crippen LogP) is 11.5. The Hall–Kier alpha value is -4.69. The van der Waals surface area contributed by atoms with Crippen molar-refractivity contribution >= 4 is 11.9 Å². The Morgan fingerprint density at radius 1 is 0.630 bits per heavy atom. The zero-order valence-electron chi connectivity index (χ0n) is 31.3. The minimum absolute atomic E-state index is 0.232. The van der Waals surface area contributed by atoms with Gasteiger partial charge in [-0.1, -0.05) is 186 Å². The maximum absolute atomic E-state index is 13.9. The van der Waals surface area contributed by atoms with Crippen LogP contribution in [0.5, 0.6) is 0 Å². The smallest absolute Gasteiger partial charge is 0.452 e. The largest absolute Gasteiger partial charge is 0.471 e. The van der Waals surface area contributed by atoms with Crippen LogP contribution in [0, 0.1) is 0 Å². The van der Waals surface area contributed by atoms with E-state index in [2.05, 4.69) is 12.2 Å². The van der Waals surface area contributed by atoms with Crippen molar-refractivity contribution in [1.29, 1.82) is 0 Å². The molecular weight excluding hydrogens is 688 g/mol. The highest BCUT2D eigenvalue weighted by molar-refractivity contribution is 5.89. The van der Waals surface area contributed by atoms with Crippen molar-refractivity contribution in [2.75, 3.05) is 6.61 Å². The van der Waals surface area contributed by atoms with Crippen LogP contribution in [0.3, 0.4) is 0 Å². The molecule has 0 aromatic heterocycles. The van der Waals surface area contributed by atoms with Crippen LogP contribution in [0.25, 0.3) is 0 Å². The fraction of sp³-hybridized carbons (Fsp3) is 0.391. The summed E-state index contributed by atoms with van der Waals surface area (Å²) in [6, 6.07) is 35.0. The number of nitrogens with one attached hydrogen (secondary N) is 1. The van der Waals surface area contributed by atoms with Gasteiger partial charge in [-0.05, 0) is 47.7 Å². The molecule has 2 atom stereocenters. The molecule has 288 valence electrons. The average Bonchev–Trinajstić information content (AvgIpc) is 3.20. The molecule has 4 aromatic rings. The lowest BCUT2D eigenvalue weighted by atomic mass is 9.80. The average molecular weight is 742 g/mol. The van der Waals surface area contributed by atoms with Crippen molar-refractivity contribution in [2.45, 2.75) is 108 Å². The van der Waals surface area contributed by atoms with Crippen LogP contribution in [-0.2, 0) is 19.9 Å². The van der Waals surface area contributed by atoms with Crippen molar-refractivity contribution in [2.24, 2.45) is 0 Å². The fourth-order valence-corrected chi connectivity index (χ4v) is 6.63. The first-order valence-electron chi connectivity index (χ1n) is 19.4. The number of carbonyl (C=O) groups excluding carboxylic acids is 2. The summed E-state index contributed by atoms with van der Waals surface area (Å²) >= 11 is 0. The van der Waals surface area contributed by atoms with E-state index >= 15 is 0 Å². The zero-order chi connectivity index (χ0) is 38.5. The summed E-state index contributed by atoms with van der Waals surface area (Å²) in [6.07, 6.45) is 10.7. The first-order valence-corrected chi connectivity index (χ1v) is 19.4. The molecule has 0 spiro atoms. The van der Waals surface area contributed by atoms with Gasteiger partial charge in [-0.15, -0.1) is 0 Å². The second kappa shape index (κ2) is 22.5. The number of allylic oxidation sites excluding steroid dienone is 1. The number of hydrogen-bond acceptors (Lipinski definition) is 4. The highest BCUT2D eigenvalue weighted by Crippen LogP contribution is 2.40. The summed E-state index contributed by atoms with van der Waals surface area (Å²) in [7, 11) is 0. The van der Waals surface area contributed by atoms with E-state index in [1.165, 1.54) is 51.4 Å². The topological polar surface area (TPSA) is 64.6 Å². The van der Waals surface area contributed by atoms with Crippen LogP contribution in [0.15, 0.2) is 133 Å². The molecule has 0 saturated carbocycles. The maximum atomic E-state index is 13.9. The Balaban J connectivity index is 1.60. The van der Waals surface area contributed by atoms with Gasteiger partial charge in [-0.3, -0.25) is 4.79 Å². The standard InChI is InChI=1S/C46H54F3NO4/c1-2-3-4-5-6-7-8-9-10-11-12-13-26-35-42(54-43(51)37-27-18-14-19-28-37)41(50-44(52)46(47,48)49)36-53-45(38-29-20-15-21-30-38,39-31-22-16-23-32-39)40-33-24-17-25-34-40/h14-35,41-42H,2-13,36H2,1H3,(H,50,52)/b35-26+/t41-,42+/m0/s1. The molecular formula is C46H54F3NO4. The molecule has 0 unspecified atom stereocenters. The molecule has 4 aromatic carbocycles. The summed E-state index contributed by atoms with van der Waals surface area (Å²) in [5.41, 5.74) is 1.13. The third-order valence-electron chi connectivity index (χ3n) is 9.54. The van der Waals surface area contributed by atoms with Crippen molar-refractivity contribution in [3.63, 3.8) is 0 Å². The first-order chi connectivity index (χ1) is 26.3. The zero-order valence-corrected chi connectivity index (χ0v) is 31.3. The van der Waals surface area contributed by atoms with Gasteiger partial charge in [0, 0.05) is 0 Å². The normalized spacial score (nSPS) is 13.0. The van der Waals surface area contributed by atoms with Gasteiger partial charge >= 0.3 is 18.1 Å². The number of carbonyl (C=O) groups is 2. The van der Waals surface area contributed by atoms with Crippen LogP contribution in [0.1, 0.15) is 111 Å². The third-order valence-corrected chi connectivity index (χ3v) is 9.54. The second-order valence-electron chi connectivity index (χ2n) is 13.7. The number of alkyl halides is 3. The molecule has 0 bridgehead atoms. The number of rotatable bonds is 23. The lowest BCUT2D eigenvalue weighted by Crippen LogP contribution is -2.52. The van der Waals surface area contributed by atoms with Crippen LogP contribution in [0.2, 0.25) is 0 Å². The first kappa shape index (κ1) is 42.1. The minimum Gasteiger partial charge on any atom is -0.452 e. The molecule has 0 heterocycles. The Morgan fingerprint density at radius 3 is 1.50 bits per heavy atom. The van der Waals surface area contributed by atoms with E-state index in [-0.39, 0.29) is 5.56 Å². The SMILES string of the molecule is CCCCCCCCCCCCC/C=C/[C@@H](OC(=O)c1ccccc1)[C@H](COC(c1ccccc1)(c1ccccc1)c1ccccc1)NC(=O)C(F)(F)F. The molecule has 0 radical (unpaired) electrons. The van der Waals surface area contributed by atoms with E-state index < -0.39 is 42.4 Å². The van der Waals surface area contributed by atoms with Gasteiger partial charge in [0.15, 0.2) is 0 Å². The van der Waals surface area contributed by atoms with Gasteiger partial charge in [-0.2, -0.15) is 13.2 Å². The van der Waals surface area contributed by atoms with Crippen molar-refractivity contribution in [1.82, 2.24) is 5.32 Å². The highest BCUT2D eigenvalue weighted by atomic mass is 19.4. The molecule has 0 aliphatic heterocycles. The number of halogens is 3. The number of ether oxygens (including phenoxy) is 2. The van der Waals surface area contributed by atoms with Crippen LogP contribution >= 0.6 is 0 Å². The summed E-state index contributed by atoms with van der Waals surface area (Å²) in [4.78, 5) is 26.0. The van der Waals surface area contributed by atoms with Crippen molar-refractivity contribution < 1.29 is 32.2 Å². The number of amides is 1. The minimum atomic E-state index is -5.18. The van der Waals surface area contributed by atoms with Gasteiger partial charge in [0.05, 0.1) is 18.2 Å². The summed E-state index contributed by atoms with van der Waals surface area (Å²) in [5.74, 6) is -2.88. The van der Waals surface area contributed by atoms with Crippen LogP contribution in [0.4, 0.5) is 13.2 Å². The monoisotopic (exact) mass is 741 g/mol. The Morgan fingerprint density at radius 2 is 1.06 bits per heavy atom. The highest BCUT2D eigenvalue weighted by Gasteiger charge is 2.43. The summed E-state index contributed by atoms with van der Waals surface area (Å²) < 4.78 is 54.3. The maximum Gasteiger partial charge on any atom is 0.471 e. The van der Waals surface area contributed by atoms with E-state index in [0.29, 0.717) is 6.42 Å². The molecule has 4 rings (SSSR count). The Kier molecular flexibility index (Phi) is 17.5. The van der Waals surface area contributed by atoms with Gasteiger partial charge < -0.3 is 14.8 Å². The van der Waals surface area contributed by atoms with Gasteiger partial charge in [0.2, 0.25) is 0 Å². The fourth-order valence-electron chi connectivity index (χ4n) is 6.63. The molecule has 1 N–H and O–H groups in total. The predicted molar refractivity (Wildman–Crippen MR) is 209 cm³/mol. The van der Waals surface area contributed by atoms with Gasteiger partial charge in [-0.25, -0.2) is 4.79 Å². The molecule has 54 heavy (non-hydrogen) atoms. The van der Waals surface area contributed by atoms with Crippen LogP contribution in [-0.4, -0.2) is 36.8 Å². The van der Waals surface area contributed by atoms with E-state index in [1.807, 2.05) is 97.1 Å². The van der Waals surface area contributed by atoms with Gasteiger partial charge in [0.1, 0.15) is 11.7 Å². The molecule has 8 heteroatoms. The molecule has 0 saturated heterocycles. The van der Waals surface area contributed by atoms with E-state index in [4.69, 9.17) is 9.47 Å². The summed E-state index contributed by atoms with van der Waals surface area (Å²) in [5, 5.41) is 2.12. The van der Waals surface area contributed by atoms with Crippen molar-refractivity contribution in [3.8, 4) is 0 Å². The van der Waals surface area contributed by atoms with Crippen molar-refractivity contribution in [3.05, 3.63) is 156 Å². The number of unbranched alkanes of at least 4 members (excludes halogenated alkanes) is 11. The summed E-state index contributed by atoms with van der Waals surface area (Å²) in [6.45, 7) is 1.79. The van der Waals surface area contributed by atoms with E-state index in [1.54, 1.807) is 36.4 Å². The third kappa shape index (κ3) is 13.0. The molecule has 0 aliphatic carbocycles. The van der Waals surface area contributed by atoms with Crippen LogP contribution < -0.4 is 5.32 Å². The lowest BCUT2D eigenvalue weighted by molar-refractivity contribution is -0.175. The number of benzene rings is 4. The molecule has 1 amide bonds. The number of esters is 1. The number of hydrogen-bond donors (Lipinski definition) is 1. The van der Waals surface area contributed by atoms with Gasteiger partial charge in [0.25, 0.3) is 0 Å². The van der Waals surface area contributed by atoms with E-state index in [0.717, 1.165) is 36.0 Å².